The molecule has 2 heterocycles. The molecule has 1 aliphatic rings. The van der Waals surface area contributed by atoms with E-state index in [1.807, 2.05) is 48.0 Å². The fourth-order valence-corrected chi connectivity index (χ4v) is 5.69. The summed E-state index contributed by atoms with van der Waals surface area (Å²) in [5.74, 6) is -0.539. The van der Waals surface area contributed by atoms with Gasteiger partial charge in [0, 0.05) is 37.3 Å². The van der Waals surface area contributed by atoms with Crippen LogP contribution >= 0.6 is 0 Å². The van der Waals surface area contributed by atoms with Gasteiger partial charge in [0.1, 0.15) is 0 Å². The molecule has 2 atom stereocenters. The zero-order valence-corrected chi connectivity index (χ0v) is 21.0. The summed E-state index contributed by atoms with van der Waals surface area (Å²) in [4.78, 5) is 24.4. The Kier molecular flexibility index (Phi) is 7.23. The van der Waals surface area contributed by atoms with Gasteiger partial charge in [0.05, 0.1) is 29.1 Å². The van der Waals surface area contributed by atoms with E-state index < -0.39 is 34.2 Å². The molecule has 0 spiro atoms. The first-order valence-electron chi connectivity index (χ1n) is 11.7. The largest absolute Gasteiger partial charge is 0.465 e. The number of anilines is 1. The summed E-state index contributed by atoms with van der Waals surface area (Å²) < 4.78 is 28.7. The molecular formula is C25H30N4O6S. The molecule has 0 saturated heterocycles. The molecule has 2 amide bonds. The van der Waals surface area contributed by atoms with Gasteiger partial charge in [0.2, 0.25) is 10.0 Å². The molecule has 0 fully saturated rings. The maximum Gasteiger partial charge on any atom is 0.404 e. The average molecular weight is 515 g/mol. The topological polar surface area (TPSA) is 141 Å². The third-order valence-corrected chi connectivity index (χ3v) is 8.30. The fourth-order valence-electron chi connectivity index (χ4n) is 4.55. The smallest absolute Gasteiger partial charge is 0.404 e. The van der Waals surface area contributed by atoms with Gasteiger partial charge in [0.25, 0.3) is 5.91 Å². The molecule has 0 radical (unpaired) electrons. The first-order chi connectivity index (χ1) is 17.1. The number of aromatic nitrogens is 1. The average Bonchev–Trinajstić information content (AvgIpc) is 3.18. The van der Waals surface area contributed by atoms with Gasteiger partial charge < -0.3 is 25.4 Å². The molecule has 11 heteroatoms. The van der Waals surface area contributed by atoms with E-state index in [0.717, 1.165) is 22.0 Å². The Morgan fingerprint density at radius 2 is 1.89 bits per heavy atom. The van der Waals surface area contributed by atoms with Crippen LogP contribution in [0.15, 0.2) is 48.7 Å². The molecule has 0 unspecified atom stereocenters. The maximum absolute atomic E-state index is 13.4. The van der Waals surface area contributed by atoms with Gasteiger partial charge in [-0.1, -0.05) is 37.3 Å². The Morgan fingerprint density at radius 1 is 1.17 bits per heavy atom. The molecule has 1 aromatic heterocycles. The van der Waals surface area contributed by atoms with E-state index in [0.29, 0.717) is 18.7 Å². The SMILES string of the molecule is CCc1cn2c3c(cc(C(=O)N[C@@H](Cc4ccccc4)[C@H](O)CNC(=O)O)cc13)N(C)S(=O)(=O)CC2. The van der Waals surface area contributed by atoms with Crippen molar-refractivity contribution in [3.63, 3.8) is 0 Å². The molecule has 0 bridgehead atoms. The second kappa shape index (κ2) is 10.2. The summed E-state index contributed by atoms with van der Waals surface area (Å²) >= 11 is 0. The van der Waals surface area contributed by atoms with Crippen molar-refractivity contribution in [2.45, 2.75) is 38.5 Å². The zero-order chi connectivity index (χ0) is 26.0. The van der Waals surface area contributed by atoms with Crippen molar-refractivity contribution in [2.24, 2.45) is 0 Å². The number of nitrogens with one attached hydrogen (secondary N) is 2. The summed E-state index contributed by atoms with van der Waals surface area (Å²) in [5, 5.41) is 25.4. The van der Waals surface area contributed by atoms with Crippen molar-refractivity contribution in [3.8, 4) is 0 Å². The number of sulfonamides is 1. The van der Waals surface area contributed by atoms with E-state index >= 15 is 0 Å². The molecule has 10 nitrogen and oxygen atoms in total. The molecule has 2 aromatic carbocycles. The van der Waals surface area contributed by atoms with Crippen LogP contribution in [0.4, 0.5) is 10.5 Å². The molecular weight excluding hydrogens is 484 g/mol. The van der Waals surface area contributed by atoms with Crippen LogP contribution in [-0.4, -0.2) is 66.7 Å². The van der Waals surface area contributed by atoms with Crippen molar-refractivity contribution in [3.05, 3.63) is 65.4 Å². The number of carbonyl (C=O) groups is 2. The zero-order valence-electron chi connectivity index (χ0n) is 20.1. The first-order valence-corrected chi connectivity index (χ1v) is 13.3. The number of nitrogens with zero attached hydrogens (tertiary/aromatic N) is 2. The first kappa shape index (κ1) is 25.5. The molecule has 3 aromatic rings. The van der Waals surface area contributed by atoms with Gasteiger partial charge in [0.15, 0.2) is 0 Å². The van der Waals surface area contributed by atoms with E-state index in [9.17, 15) is 23.1 Å². The third-order valence-electron chi connectivity index (χ3n) is 6.57. The lowest BCUT2D eigenvalue weighted by molar-refractivity contribution is 0.0830. The van der Waals surface area contributed by atoms with Crippen LogP contribution in [0.25, 0.3) is 10.9 Å². The summed E-state index contributed by atoms with van der Waals surface area (Å²) in [7, 11) is -2.07. The number of hydrogen-bond donors (Lipinski definition) is 4. The normalized spacial score (nSPS) is 16.2. The minimum absolute atomic E-state index is 0.0471. The number of aryl methyl sites for hydroxylation is 2. The molecule has 36 heavy (non-hydrogen) atoms. The maximum atomic E-state index is 13.4. The van der Waals surface area contributed by atoms with E-state index in [-0.39, 0.29) is 24.3 Å². The number of benzene rings is 2. The highest BCUT2D eigenvalue weighted by atomic mass is 32.2. The Bertz CT molecular complexity index is 1390. The number of aliphatic hydroxyl groups excluding tert-OH is 1. The molecule has 192 valence electrons. The Labute approximate surface area is 209 Å². The minimum Gasteiger partial charge on any atom is -0.465 e. The van der Waals surface area contributed by atoms with Crippen LogP contribution in [-0.2, 0) is 29.4 Å². The number of hydrogen-bond acceptors (Lipinski definition) is 5. The number of carbonyl (C=O) groups excluding carboxylic acids is 1. The monoisotopic (exact) mass is 514 g/mol. The van der Waals surface area contributed by atoms with Crippen LogP contribution in [0.3, 0.4) is 0 Å². The van der Waals surface area contributed by atoms with Gasteiger partial charge in [-0.05, 0) is 36.1 Å². The highest BCUT2D eigenvalue weighted by Gasteiger charge is 2.29. The van der Waals surface area contributed by atoms with Crippen LogP contribution in [0, 0.1) is 0 Å². The van der Waals surface area contributed by atoms with Crippen LogP contribution < -0.4 is 14.9 Å². The van der Waals surface area contributed by atoms with Crippen LogP contribution in [0.1, 0.15) is 28.4 Å². The highest BCUT2D eigenvalue weighted by molar-refractivity contribution is 7.92. The van der Waals surface area contributed by atoms with Crippen molar-refractivity contribution >= 4 is 38.6 Å². The summed E-state index contributed by atoms with van der Waals surface area (Å²) in [6.45, 7) is 2.06. The second-order valence-corrected chi connectivity index (χ2v) is 11.0. The van der Waals surface area contributed by atoms with E-state index in [1.54, 1.807) is 12.1 Å². The van der Waals surface area contributed by atoms with Gasteiger partial charge >= 0.3 is 6.09 Å². The lowest BCUT2D eigenvalue weighted by Crippen LogP contribution is -2.49. The number of amides is 2. The predicted molar refractivity (Wildman–Crippen MR) is 137 cm³/mol. The molecule has 4 rings (SSSR count). The van der Waals surface area contributed by atoms with Crippen molar-refractivity contribution in [1.29, 1.82) is 0 Å². The standard InChI is InChI=1S/C25H30N4O6S/c1-3-17-15-29-9-10-36(34,35)28(2)21-13-18(12-19(17)23(21)29)24(31)27-20(22(30)14-26-25(32)33)11-16-7-5-4-6-8-16/h4-8,12-13,15,20,22,26,30H,3,9-11,14H2,1-2H3,(H,27,31)(H,32,33)/t20-,22+/m0/s1. The Morgan fingerprint density at radius 3 is 2.56 bits per heavy atom. The predicted octanol–water partition coefficient (Wildman–Crippen LogP) is 1.95. The Hall–Kier alpha value is -3.57. The lowest BCUT2D eigenvalue weighted by Gasteiger charge is -2.25. The quantitative estimate of drug-likeness (QED) is 0.362. The van der Waals surface area contributed by atoms with E-state index in [4.69, 9.17) is 5.11 Å². The van der Waals surface area contributed by atoms with Crippen LogP contribution in [0.5, 0.6) is 0 Å². The molecule has 4 N–H and O–H groups in total. The van der Waals surface area contributed by atoms with Crippen molar-refractivity contribution < 1.29 is 28.2 Å². The fraction of sp³-hybridized carbons (Fsp3) is 0.360. The van der Waals surface area contributed by atoms with E-state index in [2.05, 4.69) is 10.6 Å². The molecule has 0 aliphatic carbocycles. The minimum atomic E-state index is -3.56. The second-order valence-electron chi connectivity index (χ2n) is 8.90. The van der Waals surface area contributed by atoms with E-state index in [1.165, 1.54) is 11.4 Å². The van der Waals surface area contributed by atoms with Gasteiger partial charge in [-0.3, -0.25) is 9.10 Å². The summed E-state index contributed by atoms with van der Waals surface area (Å²) in [6.07, 6.45) is 0.450. The van der Waals surface area contributed by atoms with Crippen molar-refractivity contribution in [1.82, 2.24) is 15.2 Å². The summed E-state index contributed by atoms with van der Waals surface area (Å²) in [5.41, 5.74) is 3.29. The van der Waals surface area contributed by atoms with Gasteiger partial charge in [-0.2, -0.15) is 0 Å². The number of aliphatic hydroxyl groups is 1. The lowest BCUT2D eigenvalue weighted by atomic mass is 10.00. The molecule has 0 saturated carbocycles. The number of carboxylic acid groups (broad SMARTS) is 1. The highest BCUT2D eigenvalue weighted by Crippen LogP contribution is 2.35. The van der Waals surface area contributed by atoms with Gasteiger partial charge in [-0.15, -0.1) is 0 Å². The van der Waals surface area contributed by atoms with Crippen molar-refractivity contribution in [2.75, 3.05) is 23.7 Å². The summed E-state index contributed by atoms with van der Waals surface area (Å²) in [6, 6.07) is 11.7. The Balaban J connectivity index is 1.71. The third kappa shape index (κ3) is 5.17. The van der Waals surface area contributed by atoms with Gasteiger partial charge in [-0.25, -0.2) is 13.2 Å². The van der Waals surface area contributed by atoms with Crippen LogP contribution in [0.2, 0.25) is 0 Å². The molecule has 1 aliphatic heterocycles. The number of rotatable bonds is 8.